The summed E-state index contributed by atoms with van der Waals surface area (Å²) in [6.45, 7) is 5.02. The van der Waals surface area contributed by atoms with E-state index in [0.717, 1.165) is 51.6 Å². The van der Waals surface area contributed by atoms with E-state index < -0.39 is 11.6 Å². The molecule has 144 valence electrons. The van der Waals surface area contributed by atoms with E-state index in [9.17, 15) is 8.78 Å². The molecule has 2 aliphatic rings. The van der Waals surface area contributed by atoms with Gasteiger partial charge in [-0.2, -0.15) is 4.39 Å². The molecule has 0 spiro atoms. The van der Waals surface area contributed by atoms with Gasteiger partial charge < -0.3 is 9.47 Å². The van der Waals surface area contributed by atoms with Gasteiger partial charge in [-0.15, -0.1) is 0 Å². The summed E-state index contributed by atoms with van der Waals surface area (Å²) in [4.78, 5) is 0. The lowest BCUT2D eigenvalue weighted by molar-refractivity contribution is 0.0486. The summed E-state index contributed by atoms with van der Waals surface area (Å²) in [5.41, 5.74) is 1.91. The van der Waals surface area contributed by atoms with Crippen LogP contribution < -0.4 is 4.74 Å². The molecule has 0 radical (unpaired) electrons. The third kappa shape index (κ3) is 4.28. The molecule has 3 rings (SSSR count). The van der Waals surface area contributed by atoms with Crippen molar-refractivity contribution in [2.24, 2.45) is 5.92 Å². The summed E-state index contributed by atoms with van der Waals surface area (Å²) in [6.07, 6.45) is 9.87. The number of hydrogen-bond acceptors (Lipinski definition) is 2. The van der Waals surface area contributed by atoms with Gasteiger partial charge in [-0.05, 0) is 74.5 Å². The van der Waals surface area contributed by atoms with Crippen LogP contribution in [0.3, 0.4) is 0 Å². The maximum atomic E-state index is 14.5. The van der Waals surface area contributed by atoms with Crippen LogP contribution in [0.5, 0.6) is 5.75 Å². The standard InChI is InChI=1S/C22H30F2O2/c1-3-5-18-11-10-17(14-26-18)15-6-8-16(9-7-15)19-12-13-20(25-4-2)22(24)21(19)23/h10,12-13,15-16,18H,3-9,11,14H2,1-2H3. The van der Waals surface area contributed by atoms with Crippen molar-refractivity contribution in [1.29, 1.82) is 0 Å². The van der Waals surface area contributed by atoms with Gasteiger partial charge in [-0.3, -0.25) is 0 Å². The Kier molecular flexibility index (Phi) is 6.68. The van der Waals surface area contributed by atoms with E-state index in [1.165, 1.54) is 5.57 Å². The average Bonchev–Trinajstić information content (AvgIpc) is 2.67. The molecule has 1 atom stereocenters. The second-order valence-corrected chi connectivity index (χ2v) is 7.50. The largest absolute Gasteiger partial charge is 0.491 e. The number of halogens is 2. The predicted octanol–water partition coefficient (Wildman–Crippen LogP) is 6.15. The van der Waals surface area contributed by atoms with Gasteiger partial charge in [0.15, 0.2) is 11.6 Å². The molecular formula is C22H30F2O2. The van der Waals surface area contributed by atoms with Gasteiger partial charge in [0.25, 0.3) is 0 Å². The zero-order chi connectivity index (χ0) is 18.5. The Bertz CT molecular complexity index is 633. The van der Waals surface area contributed by atoms with Crippen LogP contribution in [0, 0.1) is 17.6 Å². The number of ether oxygens (including phenoxy) is 2. The van der Waals surface area contributed by atoms with Gasteiger partial charge >= 0.3 is 0 Å². The lowest BCUT2D eigenvalue weighted by atomic mass is 9.75. The van der Waals surface area contributed by atoms with Crippen molar-refractivity contribution in [1.82, 2.24) is 0 Å². The first kappa shape index (κ1) is 19.3. The fraction of sp³-hybridized carbons (Fsp3) is 0.636. The molecule has 0 amide bonds. The van der Waals surface area contributed by atoms with Gasteiger partial charge in [0.2, 0.25) is 5.82 Å². The molecule has 2 nitrogen and oxygen atoms in total. The number of rotatable bonds is 6. The van der Waals surface area contributed by atoms with Crippen LogP contribution in [0.2, 0.25) is 0 Å². The summed E-state index contributed by atoms with van der Waals surface area (Å²) in [5, 5.41) is 0. The van der Waals surface area contributed by atoms with Crippen molar-refractivity contribution in [2.45, 2.75) is 70.8 Å². The molecule has 4 heteroatoms. The fourth-order valence-corrected chi connectivity index (χ4v) is 4.34. The molecule has 1 aromatic rings. The maximum Gasteiger partial charge on any atom is 0.200 e. The van der Waals surface area contributed by atoms with Crippen LogP contribution in [-0.2, 0) is 4.74 Å². The molecule has 1 aliphatic carbocycles. The third-order valence-electron chi connectivity index (χ3n) is 5.81. The summed E-state index contributed by atoms with van der Waals surface area (Å²) < 4.78 is 39.7. The second-order valence-electron chi connectivity index (χ2n) is 7.50. The molecule has 0 bridgehead atoms. The summed E-state index contributed by atoms with van der Waals surface area (Å²) in [7, 11) is 0. The Labute approximate surface area is 155 Å². The molecular weight excluding hydrogens is 334 g/mol. The first-order chi connectivity index (χ1) is 12.6. The van der Waals surface area contributed by atoms with Crippen LogP contribution in [0.25, 0.3) is 0 Å². The lowest BCUT2D eigenvalue weighted by Gasteiger charge is -2.33. The highest BCUT2D eigenvalue weighted by molar-refractivity contribution is 5.33. The molecule has 26 heavy (non-hydrogen) atoms. The van der Waals surface area contributed by atoms with Crippen molar-refractivity contribution in [2.75, 3.05) is 13.2 Å². The maximum absolute atomic E-state index is 14.5. The van der Waals surface area contributed by atoms with Crippen molar-refractivity contribution >= 4 is 0 Å². The van der Waals surface area contributed by atoms with Crippen LogP contribution >= 0.6 is 0 Å². The molecule has 1 fully saturated rings. The molecule has 1 saturated carbocycles. The van der Waals surface area contributed by atoms with E-state index in [1.54, 1.807) is 19.1 Å². The van der Waals surface area contributed by atoms with Gasteiger partial charge in [-0.25, -0.2) is 4.39 Å². The molecule has 0 aromatic heterocycles. The minimum atomic E-state index is -0.850. The smallest absolute Gasteiger partial charge is 0.200 e. The average molecular weight is 364 g/mol. The minimum absolute atomic E-state index is 0.00794. The Hall–Kier alpha value is -1.42. The van der Waals surface area contributed by atoms with E-state index in [4.69, 9.17) is 9.47 Å². The molecule has 0 N–H and O–H groups in total. The highest BCUT2D eigenvalue weighted by atomic mass is 19.2. The van der Waals surface area contributed by atoms with Crippen LogP contribution in [-0.4, -0.2) is 19.3 Å². The first-order valence-corrected chi connectivity index (χ1v) is 10.0. The Morgan fingerprint density at radius 2 is 1.77 bits per heavy atom. The topological polar surface area (TPSA) is 18.5 Å². The second kappa shape index (κ2) is 8.98. The first-order valence-electron chi connectivity index (χ1n) is 10.0. The Morgan fingerprint density at radius 1 is 1.04 bits per heavy atom. The Balaban J connectivity index is 1.60. The van der Waals surface area contributed by atoms with E-state index in [1.807, 2.05) is 0 Å². The van der Waals surface area contributed by atoms with Crippen LogP contribution in [0.1, 0.15) is 70.3 Å². The normalized spacial score (nSPS) is 26.5. The highest BCUT2D eigenvalue weighted by Gasteiger charge is 2.29. The highest BCUT2D eigenvalue weighted by Crippen LogP contribution is 2.41. The predicted molar refractivity (Wildman–Crippen MR) is 99.6 cm³/mol. The van der Waals surface area contributed by atoms with Gasteiger partial charge in [0, 0.05) is 0 Å². The van der Waals surface area contributed by atoms with Crippen molar-refractivity contribution in [3.8, 4) is 5.75 Å². The van der Waals surface area contributed by atoms with Crippen LogP contribution in [0.15, 0.2) is 23.8 Å². The summed E-state index contributed by atoms with van der Waals surface area (Å²) >= 11 is 0. The van der Waals surface area contributed by atoms with E-state index in [0.29, 0.717) is 24.2 Å². The van der Waals surface area contributed by atoms with E-state index >= 15 is 0 Å². The van der Waals surface area contributed by atoms with Crippen molar-refractivity contribution in [3.63, 3.8) is 0 Å². The Morgan fingerprint density at radius 3 is 2.38 bits per heavy atom. The van der Waals surface area contributed by atoms with E-state index in [-0.39, 0.29) is 11.7 Å². The third-order valence-corrected chi connectivity index (χ3v) is 5.81. The molecule has 1 unspecified atom stereocenters. The van der Waals surface area contributed by atoms with Gasteiger partial charge in [0.1, 0.15) is 0 Å². The minimum Gasteiger partial charge on any atom is -0.491 e. The molecule has 1 heterocycles. The van der Waals surface area contributed by atoms with Gasteiger partial charge in [0.05, 0.1) is 19.3 Å². The number of benzene rings is 1. The lowest BCUT2D eigenvalue weighted by Crippen LogP contribution is -2.24. The molecule has 0 saturated heterocycles. The SMILES string of the molecule is CCCC1CC=C(C2CCC(c3ccc(OCC)c(F)c3F)CC2)CO1. The number of hydrogen-bond donors (Lipinski definition) is 0. The van der Waals surface area contributed by atoms with Gasteiger partial charge in [-0.1, -0.05) is 25.5 Å². The van der Waals surface area contributed by atoms with Crippen molar-refractivity contribution < 1.29 is 18.3 Å². The van der Waals surface area contributed by atoms with E-state index in [2.05, 4.69) is 13.0 Å². The molecule has 1 aromatic carbocycles. The zero-order valence-electron chi connectivity index (χ0n) is 15.9. The summed E-state index contributed by atoms with van der Waals surface area (Å²) in [6, 6.07) is 3.27. The fourth-order valence-electron chi connectivity index (χ4n) is 4.34. The van der Waals surface area contributed by atoms with Crippen LogP contribution in [0.4, 0.5) is 8.78 Å². The summed E-state index contributed by atoms with van der Waals surface area (Å²) in [5.74, 6) is -0.953. The van der Waals surface area contributed by atoms with Crippen molar-refractivity contribution in [3.05, 3.63) is 41.0 Å². The molecule has 1 aliphatic heterocycles. The quantitative estimate of drug-likeness (QED) is 0.563. The zero-order valence-corrected chi connectivity index (χ0v) is 15.9. The monoisotopic (exact) mass is 364 g/mol.